The van der Waals surface area contributed by atoms with Crippen LogP contribution in [-0.2, 0) is 0 Å². The summed E-state index contributed by atoms with van der Waals surface area (Å²) in [4.78, 5) is 17.9. The van der Waals surface area contributed by atoms with Crippen molar-refractivity contribution in [2.45, 2.75) is 25.3 Å². The third-order valence-corrected chi connectivity index (χ3v) is 7.35. The highest BCUT2D eigenvalue weighted by Gasteiger charge is 2.28. The smallest absolute Gasteiger partial charge is 0.254 e. The predicted octanol–water partition coefficient (Wildman–Crippen LogP) is 4.82. The van der Waals surface area contributed by atoms with Crippen LogP contribution in [0.1, 0.15) is 35.2 Å². The highest BCUT2D eigenvalue weighted by molar-refractivity contribution is 6.49. The molecule has 0 aromatic heterocycles. The first-order chi connectivity index (χ1) is 17.4. The molecule has 7 nitrogen and oxygen atoms in total. The lowest BCUT2D eigenvalue weighted by atomic mass is 10.0. The molecule has 2 aliphatic heterocycles. The number of likely N-dealkylation sites (tertiary alicyclic amines) is 1. The van der Waals surface area contributed by atoms with Crippen molar-refractivity contribution in [1.29, 1.82) is 0 Å². The van der Waals surface area contributed by atoms with Gasteiger partial charge in [0.05, 0.1) is 26.4 Å². The van der Waals surface area contributed by atoms with E-state index in [0.29, 0.717) is 51.7 Å². The standard InChI is InChI=1S/C27H32ClFN2O5/c1-30-10-5-6-20(30)9-11-31(15-18-16-36-22-8-7-19(29)14-21(22)25(18)28)27(32)17-12-23(33-2)26(35-4)24(13-17)34-3/h7-8,12-14,20H,5-6,9-11,15-16H2,1-4H3. The van der Waals surface area contributed by atoms with Crippen molar-refractivity contribution in [3.63, 3.8) is 0 Å². The average Bonchev–Trinajstić information content (AvgIpc) is 3.31. The Morgan fingerprint density at radius 1 is 1.17 bits per heavy atom. The molecule has 0 aliphatic carbocycles. The van der Waals surface area contributed by atoms with Gasteiger partial charge in [0.1, 0.15) is 18.2 Å². The molecule has 1 unspecified atom stereocenters. The topological polar surface area (TPSA) is 60.5 Å². The number of methoxy groups -OCH3 is 3. The molecule has 36 heavy (non-hydrogen) atoms. The Kier molecular flexibility index (Phi) is 8.26. The zero-order valence-electron chi connectivity index (χ0n) is 21.1. The number of benzene rings is 2. The summed E-state index contributed by atoms with van der Waals surface area (Å²) in [6, 6.07) is 7.97. The van der Waals surface area contributed by atoms with E-state index >= 15 is 0 Å². The molecule has 4 rings (SSSR count). The zero-order valence-corrected chi connectivity index (χ0v) is 21.9. The number of hydrogen-bond donors (Lipinski definition) is 0. The van der Waals surface area contributed by atoms with Crippen molar-refractivity contribution in [3.8, 4) is 23.0 Å². The fourth-order valence-electron chi connectivity index (χ4n) is 4.85. The Morgan fingerprint density at radius 2 is 1.89 bits per heavy atom. The Labute approximate surface area is 216 Å². The molecule has 194 valence electrons. The second-order valence-electron chi connectivity index (χ2n) is 9.05. The minimum atomic E-state index is -0.397. The van der Waals surface area contributed by atoms with Crippen molar-refractivity contribution in [3.05, 3.63) is 52.8 Å². The minimum Gasteiger partial charge on any atom is -0.493 e. The van der Waals surface area contributed by atoms with Crippen LogP contribution >= 0.6 is 11.6 Å². The van der Waals surface area contributed by atoms with E-state index in [1.807, 2.05) is 0 Å². The maximum absolute atomic E-state index is 13.9. The first-order valence-electron chi connectivity index (χ1n) is 12.0. The summed E-state index contributed by atoms with van der Waals surface area (Å²) < 4.78 is 36.0. The summed E-state index contributed by atoms with van der Waals surface area (Å²) in [5.41, 5.74) is 1.62. The second kappa shape index (κ2) is 11.4. The van der Waals surface area contributed by atoms with E-state index in [0.717, 1.165) is 31.4 Å². The lowest BCUT2D eigenvalue weighted by Crippen LogP contribution is -2.38. The molecule has 2 aromatic rings. The maximum atomic E-state index is 13.9. The monoisotopic (exact) mass is 518 g/mol. The third kappa shape index (κ3) is 5.39. The van der Waals surface area contributed by atoms with Crippen LogP contribution in [0.2, 0.25) is 0 Å². The van der Waals surface area contributed by atoms with Gasteiger partial charge >= 0.3 is 0 Å². The number of amides is 1. The third-order valence-electron chi connectivity index (χ3n) is 6.87. The van der Waals surface area contributed by atoms with Gasteiger partial charge in [-0.25, -0.2) is 4.39 Å². The van der Waals surface area contributed by atoms with Crippen LogP contribution in [0.15, 0.2) is 35.9 Å². The summed E-state index contributed by atoms with van der Waals surface area (Å²) >= 11 is 6.70. The molecule has 9 heteroatoms. The van der Waals surface area contributed by atoms with Crippen molar-refractivity contribution >= 4 is 22.5 Å². The lowest BCUT2D eigenvalue weighted by molar-refractivity contribution is 0.0753. The predicted molar refractivity (Wildman–Crippen MR) is 137 cm³/mol. The van der Waals surface area contributed by atoms with E-state index in [1.54, 1.807) is 23.1 Å². The van der Waals surface area contributed by atoms with E-state index < -0.39 is 5.82 Å². The molecule has 0 bridgehead atoms. The fourth-order valence-corrected chi connectivity index (χ4v) is 5.11. The van der Waals surface area contributed by atoms with Gasteiger partial charge in [-0.3, -0.25) is 4.79 Å². The molecule has 2 heterocycles. The highest BCUT2D eigenvalue weighted by atomic mass is 35.5. The Bertz CT molecular complexity index is 1130. The number of halogens is 2. The van der Waals surface area contributed by atoms with Gasteiger partial charge in [0.25, 0.3) is 5.91 Å². The van der Waals surface area contributed by atoms with Crippen molar-refractivity contribution in [2.24, 2.45) is 0 Å². The van der Waals surface area contributed by atoms with Gasteiger partial charge in [-0.1, -0.05) is 11.6 Å². The number of fused-ring (bicyclic) bond motifs is 1. The van der Waals surface area contributed by atoms with Crippen LogP contribution in [0.4, 0.5) is 4.39 Å². The molecule has 2 aromatic carbocycles. The number of hydrogen-bond acceptors (Lipinski definition) is 6. The summed E-state index contributed by atoms with van der Waals surface area (Å²) in [6.07, 6.45) is 3.07. The molecule has 1 fully saturated rings. The van der Waals surface area contributed by atoms with E-state index in [1.165, 1.54) is 33.5 Å². The second-order valence-corrected chi connectivity index (χ2v) is 9.43. The normalized spacial score (nSPS) is 17.4. The quantitative estimate of drug-likeness (QED) is 0.474. The molecule has 1 saturated heterocycles. The average molecular weight is 519 g/mol. The molecule has 1 amide bonds. The van der Waals surface area contributed by atoms with Gasteiger partial charge in [0, 0.05) is 35.8 Å². The number of rotatable bonds is 9. The summed E-state index contributed by atoms with van der Waals surface area (Å²) in [7, 11) is 6.66. The Hall–Kier alpha value is -2.97. The molecular formula is C27H32ClFN2O5. The first kappa shape index (κ1) is 26.1. The van der Waals surface area contributed by atoms with Crippen molar-refractivity contribution < 1.29 is 28.1 Å². The maximum Gasteiger partial charge on any atom is 0.254 e. The molecule has 0 saturated carbocycles. The molecule has 0 radical (unpaired) electrons. The molecule has 0 N–H and O–H groups in total. The van der Waals surface area contributed by atoms with Gasteiger partial charge in [-0.2, -0.15) is 0 Å². The number of carbonyl (C=O) groups excluding carboxylic acids is 1. The number of nitrogens with zero attached hydrogens (tertiary/aromatic N) is 2. The zero-order chi connectivity index (χ0) is 25.8. The highest BCUT2D eigenvalue weighted by Crippen LogP contribution is 2.39. The van der Waals surface area contributed by atoms with Crippen LogP contribution in [0.3, 0.4) is 0 Å². The van der Waals surface area contributed by atoms with Gasteiger partial charge in [0.2, 0.25) is 5.75 Å². The van der Waals surface area contributed by atoms with E-state index in [2.05, 4.69) is 11.9 Å². The van der Waals surface area contributed by atoms with E-state index in [-0.39, 0.29) is 19.1 Å². The van der Waals surface area contributed by atoms with E-state index in [4.69, 9.17) is 30.5 Å². The van der Waals surface area contributed by atoms with Crippen LogP contribution in [0.5, 0.6) is 23.0 Å². The van der Waals surface area contributed by atoms with Crippen LogP contribution < -0.4 is 18.9 Å². The van der Waals surface area contributed by atoms with Crippen molar-refractivity contribution in [2.75, 3.05) is 54.6 Å². The Balaban J connectivity index is 1.66. The van der Waals surface area contributed by atoms with Crippen molar-refractivity contribution in [1.82, 2.24) is 9.80 Å². The molecule has 0 spiro atoms. The number of carbonyl (C=O) groups is 1. The molecule has 2 aliphatic rings. The summed E-state index contributed by atoms with van der Waals surface area (Å²) in [5.74, 6) is 1.15. The molecular weight excluding hydrogens is 487 g/mol. The first-order valence-corrected chi connectivity index (χ1v) is 12.3. The van der Waals surface area contributed by atoms with Gasteiger partial charge in [-0.05, 0) is 63.2 Å². The Morgan fingerprint density at radius 3 is 2.50 bits per heavy atom. The molecule has 1 atom stereocenters. The summed E-state index contributed by atoms with van der Waals surface area (Å²) in [5, 5.41) is 0.413. The number of ether oxygens (including phenoxy) is 4. The largest absolute Gasteiger partial charge is 0.493 e. The van der Waals surface area contributed by atoms with E-state index in [9.17, 15) is 9.18 Å². The summed E-state index contributed by atoms with van der Waals surface area (Å²) in [6.45, 7) is 2.05. The lowest BCUT2D eigenvalue weighted by Gasteiger charge is -2.30. The van der Waals surface area contributed by atoms with Crippen LogP contribution in [0.25, 0.3) is 5.03 Å². The van der Waals surface area contributed by atoms with Gasteiger partial charge in [-0.15, -0.1) is 0 Å². The van der Waals surface area contributed by atoms with Crippen LogP contribution in [-0.4, -0.2) is 76.4 Å². The SMILES string of the molecule is COc1cc(C(=O)N(CCC2CCCN2C)CC2=C(Cl)c3cc(F)ccc3OC2)cc(OC)c1OC. The van der Waals surface area contributed by atoms with Gasteiger partial charge < -0.3 is 28.7 Å². The minimum absolute atomic E-state index is 0.197. The fraction of sp³-hybridized carbons (Fsp3) is 0.444. The van der Waals surface area contributed by atoms with Crippen LogP contribution in [0, 0.1) is 5.82 Å². The van der Waals surface area contributed by atoms with Gasteiger partial charge in [0.15, 0.2) is 11.5 Å².